The number of nitrogen functional groups attached to an aromatic ring is 1. The van der Waals surface area contributed by atoms with Gasteiger partial charge in [-0.3, -0.25) is 0 Å². The van der Waals surface area contributed by atoms with Crippen LogP contribution in [0.4, 0.5) is 5.88 Å². The molecule has 0 spiro atoms. The van der Waals surface area contributed by atoms with Crippen molar-refractivity contribution in [1.29, 1.82) is 0 Å². The van der Waals surface area contributed by atoms with Gasteiger partial charge in [-0.25, -0.2) is 0 Å². The van der Waals surface area contributed by atoms with Crippen molar-refractivity contribution in [3.05, 3.63) is 36.0 Å². The molecule has 2 N–H and O–H groups in total. The van der Waals surface area contributed by atoms with Crippen molar-refractivity contribution < 1.29 is 4.52 Å². The van der Waals surface area contributed by atoms with Gasteiger partial charge in [0.05, 0.1) is 11.3 Å². The SMILES string of the molecule is CC1(C)C(c2noc(N)c2-c2ccccc2)C1(C)C. The molecule has 1 saturated carbocycles. The molecule has 0 unspecified atom stereocenters. The third-order valence-corrected chi connectivity index (χ3v) is 5.10. The molecule has 0 saturated heterocycles. The van der Waals surface area contributed by atoms with Crippen LogP contribution in [0, 0.1) is 10.8 Å². The van der Waals surface area contributed by atoms with Crippen LogP contribution in [0.3, 0.4) is 0 Å². The number of anilines is 1. The number of aromatic nitrogens is 1. The Kier molecular flexibility index (Phi) is 2.34. The number of nitrogens with two attached hydrogens (primary N) is 1. The third kappa shape index (κ3) is 1.54. The fraction of sp³-hybridized carbons (Fsp3) is 0.438. The molecule has 1 heterocycles. The zero-order valence-electron chi connectivity index (χ0n) is 11.9. The first-order valence-corrected chi connectivity index (χ1v) is 6.68. The van der Waals surface area contributed by atoms with Crippen LogP contribution in [0.2, 0.25) is 0 Å². The van der Waals surface area contributed by atoms with E-state index in [1.165, 1.54) is 0 Å². The highest BCUT2D eigenvalue weighted by molar-refractivity contribution is 5.76. The van der Waals surface area contributed by atoms with Gasteiger partial charge < -0.3 is 10.3 Å². The van der Waals surface area contributed by atoms with E-state index in [2.05, 4.69) is 45.0 Å². The molecule has 1 aromatic carbocycles. The largest absolute Gasteiger partial charge is 0.367 e. The van der Waals surface area contributed by atoms with Gasteiger partial charge in [-0.1, -0.05) is 63.2 Å². The van der Waals surface area contributed by atoms with Gasteiger partial charge in [-0.05, 0) is 16.4 Å². The maximum atomic E-state index is 5.99. The molecule has 0 aliphatic heterocycles. The smallest absolute Gasteiger partial charge is 0.230 e. The summed E-state index contributed by atoms with van der Waals surface area (Å²) in [4.78, 5) is 0. The van der Waals surface area contributed by atoms with E-state index in [0.29, 0.717) is 11.8 Å². The van der Waals surface area contributed by atoms with E-state index in [1.807, 2.05) is 18.2 Å². The van der Waals surface area contributed by atoms with Gasteiger partial charge >= 0.3 is 0 Å². The number of rotatable bonds is 2. The van der Waals surface area contributed by atoms with E-state index in [9.17, 15) is 0 Å². The fourth-order valence-electron chi connectivity index (χ4n) is 3.29. The number of hydrogen-bond donors (Lipinski definition) is 1. The quantitative estimate of drug-likeness (QED) is 0.881. The Morgan fingerprint density at radius 2 is 1.63 bits per heavy atom. The maximum Gasteiger partial charge on any atom is 0.230 e. The van der Waals surface area contributed by atoms with Crippen molar-refractivity contribution in [2.45, 2.75) is 33.6 Å². The van der Waals surface area contributed by atoms with Gasteiger partial charge in [0.25, 0.3) is 0 Å². The lowest BCUT2D eigenvalue weighted by Crippen LogP contribution is -1.95. The van der Waals surface area contributed by atoms with Crippen LogP contribution in [0.25, 0.3) is 11.1 Å². The molecule has 100 valence electrons. The predicted molar refractivity (Wildman–Crippen MR) is 76.7 cm³/mol. The Morgan fingerprint density at radius 1 is 1.05 bits per heavy atom. The van der Waals surface area contributed by atoms with Crippen molar-refractivity contribution in [2.75, 3.05) is 5.73 Å². The number of nitrogens with zero attached hydrogens (tertiary/aromatic N) is 1. The first-order chi connectivity index (χ1) is 8.87. The first kappa shape index (κ1) is 12.3. The maximum absolute atomic E-state index is 5.99. The van der Waals surface area contributed by atoms with E-state index in [4.69, 9.17) is 10.3 Å². The van der Waals surface area contributed by atoms with Crippen molar-refractivity contribution >= 4 is 5.88 Å². The minimum absolute atomic E-state index is 0.222. The molecular formula is C16H20N2O. The average molecular weight is 256 g/mol. The first-order valence-electron chi connectivity index (χ1n) is 6.68. The zero-order valence-corrected chi connectivity index (χ0v) is 11.9. The number of hydrogen-bond acceptors (Lipinski definition) is 3. The van der Waals surface area contributed by atoms with Gasteiger partial charge in [0, 0.05) is 5.92 Å². The van der Waals surface area contributed by atoms with Crippen LogP contribution in [0.1, 0.15) is 39.3 Å². The monoisotopic (exact) mass is 256 g/mol. The molecule has 3 heteroatoms. The molecule has 1 fully saturated rings. The topological polar surface area (TPSA) is 52.0 Å². The molecule has 1 aromatic heterocycles. The van der Waals surface area contributed by atoms with E-state index < -0.39 is 0 Å². The van der Waals surface area contributed by atoms with Crippen molar-refractivity contribution in [2.24, 2.45) is 10.8 Å². The Labute approximate surface area is 113 Å². The van der Waals surface area contributed by atoms with Crippen LogP contribution in [0.15, 0.2) is 34.9 Å². The normalized spacial score (nSPS) is 20.4. The molecule has 1 aliphatic carbocycles. The van der Waals surface area contributed by atoms with Crippen LogP contribution in [0.5, 0.6) is 0 Å². The summed E-state index contributed by atoms with van der Waals surface area (Å²) in [6, 6.07) is 10.1. The summed E-state index contributed by atoms with van der Waals surface area (Å²) in [6.07, 6.45) is 0. The second-order valence-corrected chi connectivity index (χ2v) is 6.55. The van der Waals surface area contributed by atoms with Gasteiger partial charge in [-0.2, -0.15) is 0 Å². The van der Waals surface area contributed by atoms with E-state index in [1.54, 1.807) is 0 Å². The fourth-order valence-corrected chi connectivity index (χ4v) is 3.29. The van der Waals surface area contributed by atoms with Crippen LogP contribution in [-0.4, -0.2) is 5.16 Å². The van der Waals surface area contributed by atoms with Crippen molar-refractivity contribution in [1.82, 2.24) is 5.16 Å². The minimum Gasteiger partial charge on any atom is -0.367 e. The molecule has 0 bridgehead atoms. The molecular weight excluding hydrogens is 236 g/mol. The van der Waals surface area contributed by atoms with Gasteiger partial charge in [0.15, 0.2) is 0 Å². The molecule has 3 rings (SSSR count). The summed E-state index contributed by atoms with van der Waals surface area (Å²) in [6.45, 7) is 9.10. The lowest BCUT2D eigenvalue weighted by atomic mass is 9.99. The average Bonchev–Trinajstić information content (AvgIpc) is 2.64. The summed E-state index contributed by atoms with van der Waals surface area (Å²) >= 11 is 0. The minimum atomic E-state index is 0.222. The van der Waals surface area contributed by atoms with Crippen molar-refractivity contribution in [3.63, 3.8) is 0 Å². The highest BCUT2D eigenvalue weighted by atomic mass is 16.5. The molecule has 3 nitrogen and oxygen atoms in total. The molecule has 0 radical (unpaired) electrons. The summed E-state index contributed by atoms with van der Waals surface area (Å²) < 4.78 is 5.27. The molecule has 2 aromatic rings. The highest BCUT2D eigenvalue weighted by Gasteiger charge is 2.67. The summed E-state index contributed by atoms with van der Waals surface area (Å²) in [5, 5.41) is 4.25. The lowest BCUT2D eigenvalue weighted by Gasteiger charge is -2.03. The van der Waals surface area contributed by atoms with Crippen molar-refractivity contribution in [3.8, 4) is 11.1 Å². The van der Waals surface area contributed by atoms with E-state index >= 15 is 0 Å². The van der Waals surface area contributed by atoms with Crippen LogP contribution in [-0.2, 0) is 0 Å². The highest BCUT2D eigenvalue weighted by Crippen LogP contribution is 2.74. The van der Waals surface area contributed by atoms with Gasteiger partial charge in [0.1, 0.15) is 0 Å². The zero-order chi connectivity index (χ0) is 13.8. The Morgan fingerprint density at radius 3 is 2.16 bits per heavy atom. The van der Waals surface area contributed by atoms with E-state index in [0.717, 1.165) is 16.8 Å². The van der Waals surface area contributed by atoms with Crippen LogP contribution < -0.4 is 5.73 Å². The second-order valence-electron chi connectivity index (χ2n) is 6.55. The number of benzene rings is 1. The predicted octanol–water partition coefficient (Wildman–Crippen LogP) is 4.07. The molecule has 19 heavy (non-hydrogen) atoms. The van der Waals surface area contributed by atoms with E-state index in [-0.39, 0.29) is 10.8 Å². The third-order valence-electron chi connectivity index (χ3n) is 5.10. The summed E-state index contributed by atoms with van der Waals surface area (Å²) in [5.74, 6) is 0.802. The molecule has 0 atom stereocenters. The standard InChI is InChI=1S/C16H20N2O/c1-15(2)13(16(15,3)4)12-11(14(17)19-18-12)10-8-6-5-7-9-10/h5-9,13H,17H2,1-4H3. The Hall–Kier alpha value is -1.77. The van der Waals surface area contributed by atoms with Gasteiger partial charge in [0.2, 0.25) is 5.88 Å². The van der Waals surface area contributed by atoms with Crippen LogP contribution >= 0.6 is 0 Å². The summed E-state index contributed by atoms with van der Waals surface area (Å²) in [5.41, 5.74) is 9.47. The summed E-state index contributed by atoms with van der Waals surface area (Å²) in [7, 11) is 0. The Balaban J connectivity index is 2.12. The molecule has 0 amide bonds. The molecule has 1 aliphatic rings. The lowest BCUT2D eigenvalue weighted by molar-refractivity contribution is 0.423. The second kappa shape index (κ2) is 3.62. The Bertz CT molecular complexity index is 597. The van der Waals surface area contributed by atoms with Gasteiger partial charge in [-0.15, -0.1) is 0 Å².